The zero-order valence-corrected chi connectivity index (χ0v) is 6.46. The van der Waals surface area contributed by atoms with Crippen LogP contribution in [0.4, 0.5) is 0 Å². The third kappa shape index (κ3) is 4.46. The van der Waals surface area contributed by atoms with E-state index in [0.29, 0.717) is 0 Å². The van der Waals surface area contributed by atoms with Crippen molar-refractivity contribution in [3.05, 3.63) is 12.2 Å². The maximum absolute atomic E-state index is 8.20. The minimum atomic E-state index is -0.597. The molecule has 10 heavy (non-hydrogen) atoms. The van der Waals surface area contributed by atoms with Crippen LogP contribution in [0.15, 0.2) is 12.2 Å². The number of hydrogen-bond acceptors (Lipinski definition) is 4. The van der Waals surface area contributed by atoms with E-state index >= 15 is 0 Å². The van der Waals surface area contributed by atoms with Gasteiger partial charge in [0.15, 0.2) is 0 Å². The fourth-order valence-corrected chi connectivity index (χ4v) is 0.0779. The highest BCUT2D eigenvalue weighted by Gasteiger charge is 2.18. The maximum atomic E-state index is 8.20. The Bertz CT molecular complexity index is 97.9. The van der Waals surface area contributed by atoms with Gasteiger partial charge in [0.2, 0.25) is 0 Å². The average molecular weight is 150 g/mol. The Morgan fingerprint density at radius 1 is 1.40 bits per heavy atom. The molecular weight excluding hydrogens is 136 g/mol. The molecule has 0 aromatic rings. The van der Waals surface area contributed by atoms with Crippen molar-refractivity contribution in [3.63, 3.8) is 0 Å². The summed E-state index contributed by atoms with van der Waals surface area (Å²) in [7, 11) is 0. The first-order valence-corrected chi connectivity index (χ1v) is 2.69. The van der Waals surface area contributed by atoms with Gasteiger partial charge >= 0.3 is 0 Å². The van der Waals surface area contributed by atoms with Crippen LogP contribution in [0, 0.1) is 0 Å². The SMILES string of the molecule is C=C(C)C(C)(C)OO.OO. The van der Waals surface area contributed by atoms with Crippen molar-refractivity contribution >= 4 is 0 Å². The Morgan fingerprint density at radius 2 is 1.70 bits per heavy atom. The molecule has 0 aliphatic rings. The van der Waals surface area contributed by atoms with Crippen LogP contribution in [-0.2, 0) is 4.89 Å². The molecule has 0 aliphatic carbocycles. The summed E-state index contributed by atoms with van der Waals surface area (Å²) in [5, 5.41) is 20.2. The third-order valence-electron chi connectivity index (χ3n) is 1.26. The Hall–Kier alpha value is -0.420. The monoisotopic (exact) mass is 150 g/mol. The molecule has 0 heterocycles. The van der Waals surface area contributed by atoms with Crippen molar-refractivity contribution in [2.24, 2.45) is 0 Å². The maximum Gasteiger partial charge on any atom is 0.118 e. The second-order valence-corrected chi connectivity index (χ2v) is 2.38. The fraction of sp³-hybridized carbons (Fsp3) is 0.667. The van der Waals surface area contributed by atoms with Crippen LogP contribution in [0.25, 0.3) is 0 Å². The molecule has 0 aliphatic heterocycles. The summed E-state index contributed by atoms with van der Waals surface area (Å²) in [6.07, 6.45) is 0. The predicted molar refractivity (Wildman–Crippen MR) is 37.9 cm³/mol. The summed E-state index contributed by atoms with van der Waals surface area (Å²) >= 11 is 0. The van der Waals surface area contributed by atoms with Crippen LogP contribution in [-0.4, -0.2) is 21.4 Å². The third-order valence-corrected chi connectivity index (χ3v) is 1.26. The van der Waals surface area contributed by atoms with E-state index in [2.05, 4.69) is 11.5 Å². The molecule has 0 atom stereocenters. The number of rotatable bonds is 2. The molecular formula is C6H14O4. The highest BCUT2D eigenvalue weighted by atomic mass is 17.1. The van der Waals surface area contributed by atoms with Crippen molar-refractivity contribution < 1.29 is 20.7 Å². The first-order chi connectivity index (χ1) is 4.50. The van der Waals surface area contributed by atoms with Gasteiger partial charge in [0, 0.05) is 0 Å². The minimum Gasteiger partial charge on any atom is -0.255 e. The fourth-order valence-electron chi connectivity index (χ4n) is 0.0779. The molecule has 0 amide bonds. The van der Waals surface area contributed by atoms with E-state index in [1.54, 1.807) is 20.8 Å². The molecule has 0 saturated heterocycles. The van der Waals surface area contributed by atoms with E-state index in [4.69, 9.17) is 15.8 Å². The molecule has 62 valence electrons. The summed E-state index contributed by atoms with van der Waals surface area (Å²) in [4.78, 5) is 4.10. The zero-order valence-electron chi connectivity index (χ0n) is 6.46. The van der Waals surface area contributed by atoms with Crippen molar-refractivity contribution in [3.8, 4) is 0 Å². The van der Waals surface area contributed by atoms with E-state index < -0.39 is 5.60 Å². The number of hydrogen-bond donors (Lipinski definition) is 3. The molecule has 4 heteroatoms. The lowest BCUT2D eigenvalue weighted by molar-refractivity contribution is -0.300. The Balaban J connectivity index is 0. The molecule has 0 bridgehead atoms. The van der Waals surface area contributed by atoms with E-state index in [9.17, 15) is 0 Å². The van der Waals surface area contributed by atoms with E-state index in [0.717, 1.165) is 5.57 Å². The molecule has 0 radical (unpaired) electrons. The van der Waals surface area contributed by atoms with Crippen molar-refractivity contribution in [1.82, 2.24) is 0 Å². The van der Waals surface area contributed by atoms with Gasteiger partial charge in [-0.15, -0.1) is 0 Å². The summed E-state index contributed by atoms with van der Waals surface area (Å²) in [6.45, 7) is 8.91. The van der Waals surface area contributed by atoms with Gasteiger partial charge in [0.25, 0.3) is 0 Å². The highest BCUT2D eigenvalue weighted by molar-refractivity contribution is 5.04. The molecule has 0 rings (SSSR count). The lowest BCUT2D eigenvalue weighted by Crippen LogP contribution is -2.23. The van der Waals surface area contributed by atoms with Gasteiger partial charge in [-0.05, 0) is 26.3 Å². The molecule has 0 aromatic heterocycles. The molecule has 3 N–H and O–H groups in total. The molecule has 0 saturated carbocycles. The van der Waals surface area contributed by atoms with Gasteiger partial charge in [-0.3, -0.25) is 15.8 Å². The van der Waals surface area contributed by atoms with Gasteiger partial charge in [-0.25, -0.2) is 4.89 Å². The second-order valence-electron chi connectivity index (χ2n) is 2.38. The quantitative estimate of drug-likeness (QED) is 0.319. The molecule has 0 unspecified atom stereocenters. The van der Waals surface area contributed by atoms with Crippen LogP contribution in [0.3, 0.4) is 0 Å². The van der Waals surface area contributed by atoms with Gasteiger partial charge < -0.3 is 0 Å². The molecule has 0 aromatic carbocycles. The predicted octanol–water partition coefficient (Wildman–Crippen LogP) is 1.85. The van der Waals surface area contributed by atoms with Gasteiger partial charge in [0.1, 0.15) is 5.60 Å². The van der Waals surface area contributed by atoms with Crippen LogP contribution < -0.4 is 0 Å². The van der Waals surface area contributed by atoms with E-state index in [1.807, 2.05) is 0 Å². The average Bonchev–Trinajstić information content (AvgIpc) is 1.92. The Kier molecular flexibility index (Phi) is 6.59. The largest absolute Gasteiger partial charge is 0.255 e. The standard InChI is InChI=1S/C6H12O2.H2O2/c1-5(2)6(3,4)8-7;1-2/h7H,1H2,2-4H3;1-2H. The second kappa shape index (κ2) is 5.37. The van der Waals surface area contributed by atoms with Crippen molar-refractivity contribution in [1.29, 1.82) is 0 Å². The van der Waals surface area contributed by atoms with Crippen LogP contribution in [0.2, 0.25) is 0 Å². The molecule has 0 spiro atoms. The molecule has 0 fully saturated rings. The summed E-state index contributed by atoms with van der Waals surface area (Å²) in [5.41, 5.74) is 0.208. The highest BCUT2D eigenvalue weighted by Crippen LogP contribution is 2.15. The first-order valence-electron chi connectivity index (χ1n) is 2.69. The Labute approximate surface area is 60.2 Å². The van der Waals surface area contributed by atoms with Crippen LogP contribution in [0.1, 0.15) is 20.8 Å². The van der Waals surface area contributed by atoms with Crippen LogP contribution in [0.5, 0.6) is 0 Å². The van der Waals surface area contributed by atoms with Crippen LogP contribution >= 0.6 is 0 Å². The van der Waals surface area contributed by atoms with Crippen molar-refractivity contribution in [2.75, 3.05) is 0 Å². The lowest BCUT2D eigenvalue weighted by atomic mass is 10.0. The van der Waals surface area contributed by atoms with Gasteiger partial charge in [-0.1, -0.05) is 6.58 Å². The first kappa shape index (κ1) is 12.3. The zero-order chi connectivity index (χ0) is 8.78. The van der Waals surface area contributed by atoms with Gasteiger partial charge in [-0.2, -0.15) is 0 Å². The minimum absolute atomic E-state index is 0.597. The summed E-state index contributed by atoms with van der Waals surface area (Å²) < 4.78 is 0. The summed E-state index contributed by atoms with van der Waals surface area (Å²) in [5.74, 6) is 0. The topological polar surface area (TPSA) is 69.9 Å². The smallest absolute Gasteiger partial charge is 0.118 e. The van der Waals surface area contributed by atoms with Gasteiger partial charge in [0.05, 0.1) is 0 Å². The Morgan fingerprint density at radius 3 is 1.70 bits per heavy atom. The van der Waals surface area contributed by atoms with Crippen molar-refractivity contribution in [2.45, 2.75) is 26.4 Å². The summed E-state index contributed by atoms with van der Waals surface area (Å²) in [6, 6.07) is 0. The lowest BCUT2D eigenvalue weighted by Gasteiger charge is -2.19. The molecule has 4 nitrogen and oxygen atoms in total. The van der Waals surface area contributed by atoms with E-state index in [1.165, 1.54) is 0 Å². The normalized spacial score (nSPS) is 9.80. The van der Waals surface area contributed by atoms with E-state index in [-0.39, 0.29) is 0 Å².